The Balaban J connectivity index is 4.18. The fourth-order valence-electron chi connectivity index (χ4n) is 7.08. The van der Waals surface area contributed by atoms with Gasteiger partial charge in [-0.1, -0.05) is 213 Å². The lowest BCUT2D eigenvalue weighted by Gasteiger charge is -2.18. The van der Waals surface area contributed by atoms with Gasteiger partial charge in [-0.15, -0.1) is 0 Å². The number of carbonyl (C=O) groups is 3. The number of allylic oxidation sites excluding steroid dienone is 2. The molecule has 0 heterocycles. The number of rotatable bonds is 44. The molecule has 0 spiro atoms. The molecule has 1 atom stereocenters. The maximum Gasteiger partial charge on any atom is 0.306 e. The van der Waals surface area contributed by atoms with E-state index in [0.29, 0.717) is 19.3 Å². The van der Waals surface area contributed by atoms with Crippen LogP contribution in [0.15, 0.2) is 12.2 Å². The number of hydrogen-bond donors (Lipinski definition) is 0. The molecule has 0 bridgehead atoms. The first-order chi connectivity index (χ1) is 27.0. The smallest absolute Gasteiger partial charge is 0.306 e. The highest BCUT2D eigenvalue weighted by Gasteiger charge is 2.19. The molecule has 6 nitrogen and oxygen atoms in total. The van der Waals surface area contributed by atoms with Crippen molar-refractivity contribution in [3.05, 3.63) is 12.2 Å². The summed E-state index contributed by atoms with van der Waals surface area (Å²) in [7, 11) is 0. The van der Waals surface area contributed by atoms with E-state index < -0.39 is 6.10 Å². The average Bonchev–Trinajstić information content (AvgIpc) is 3.18. The molecule has 0 aliphatic rings. The zero-order valence-electron chi connectivity index (χ0n) is 37.0. The Morgan fingerprint density at radius 2 is 0.600 bits per heavy atom. The van der Waals surface area contributed by atoms with Crippen molar-refractivity contribution in [1.82, 2.24) is 0 Å². The second-order valence-corrected chi connectivity index (χ2v) is 16.4. The molecule has 324 valence electrons. The monoisotopic (exact) mass is 777 g/mol. The second kappa shape index (κ2) is 44.9. The van der Waals surface area contributed by atoms with E-state index in [2.05, 4.69) is 32.9 Å². The van der Waals surface area contributed by atoms with Crippen molar-refractivity contribution in [2.24, 2.45) is 0 Å². The second-order valence-electron chi connectivity index (χ2n) is 16.4. The van der Waals surface area contributed by atoms with Gasteiger partial charge in [0, 0.05) is 19.3 Å². The summed E-state index contributed by atoms with van der Waals surface area (Å²) in [6, 6.07) is 0. The first kappa shape index (κ1) is 53.1. The van der Waals surface area contributed by atoms with Gasteiger partial charge in [-0.3, -0.25) is 14.4 Å². The minimum Gasteiger partial charge on any atom is -0.462 e. The van der Waals surface area contributed by atoms with Gasteiger partial charge in [0.25, 0.3) is 0 Å². The Bertz CT molecular complexity index is 854. The Kier molecular flexibility index (Phi) is 43.4. The molecule has 0 fully saturated rings. The fourth-order valence-corrected chi connectivity index (χ4v) is 7.08. The summed E-state index contributed by atoms with van der Waals surface area (Å²) in [5.41, 5.74) is 0. The van der Waals surface area contributed by atoms with Gasteiger partial charge < -0.3 is 14.2 Å². The number of carbonyl (C=O) groups excluding carboxylic acids is 3. The molecule has 0 aliphatic heterocycles. The van der Waals surface area contributed by atoms with Crippen molar-refractivity contribution >= 4 is 17.9 Å². The third-order valence-corrected chi connectivity index (χ3v) is 10.8. The number of esters is 3. The van der Waals surface area contributed by atoms with Crippen molar-refractivity contribution in [2.75, 3.05) is 13.2 Å². The van der Waals surface area contributed by atoms with E-state index in [1.165, 1.54) is 161 Å². The Hall–Kier alpha value is -1.85. The third kappa shape index (κ3) is 43.1. The molecule has 0 aromatic rings. The SMILES string of the molecule is CCCCCC/C=C\CCCCCCCC(=O)OC(COC(=O)CCCCCCCC)COC(=O)CCCCCCCCCCCCCCCCCCCC. The van der Waals surface area contributed by atoms with Crippen molar-refractivity contribution in [1.29, 1.82) is 0 Å². The first-order valence-corrected chi connectivity index (χ1v) is 24.2. The Morgan fingerprint density at radius 1 is 0.345 bits per heavy atom. The van der Waals surface area contributed by atoms with Crippen LogP contribution < -0.4 is 0 Å². The first-order valence-electron chi connectivity index (χ1n) is 24.2. The van der Waals surface area contributed by atoms with Crippen LogP contribution in [-0.2, 0) is 28.6 Å². The van der Waals surface area contributed by atoms with Crippen molar-refractivity contribution in [3.8, 4) is 0 Å². The van der Waals surface area contributed by atoms with Gasteiger partial charge in [-0.2, -0.15) is 0 Å². The highest BCUT2D eigenvalue weighted by atomic mass is 16.6. The van der Waals surface area contributed by atoms with Gasteiger partial charge in [-0.25, -0.2) is 0 Å². The molecule has 55 heavy (non-hydrogen) atoms. The molecule has 0 aromatic heterocycles. The van der Waals surface area contributed by atoms with E-state index >= 15 is 0 Å². The highest BCUT2D eigenvalue weighted by molar-refractivity contribution is 5.71. The summed E-state index contributed by atoms with van der Waals surface area (Å²) in [6.07, 6.45) is 47.9. The van der Waals surface area contributed by atoms with E-state index in [9.17, 15) is 14.4 Å². The summed E-state index contributed by atoms with van der Waals surface area (Å²) in [5.74, 6) is -0.877. The molecule has 6 heteroatoms. The molecule has 0 aromatic carbocycles. The van der Waals surface area contributed by atoms with E-state index in [-0.39, 0.29) is 31.1 Å². The normalized spacial score (nSPS) is 12.0. The van der Waals surface area contributed by atoms with Crippen LogP contribution in [0.5, 0.6) is 0 Å². The molecule has 0 saturated heterocycles. The van der Waals surface area contributed by atoms with Crippen LogP contribution in [-0.4, -0.2) is 37.2 Å². The van der Waals surface area contributed by atoms with Crippen LogP contribution in [0, 0.1) is 0 Å². The molecule has 1 unspecified atom stereocenters. The number of hydrogen-bond acceptors (Lipinski definition) is 6. The molecule has 0 saturated carbocycles. The van der Waals surface area contributed by atoms with Gasteiger partial charge in [0.1, 0.15) is 13.2 Å². The van der Waals surface area contributed by atoms with E-state index in [1.807, 2.05) is 0 Å². The van der Waals surface area contributed by atoms with Crippen LogP contribution >= 0.6 is 0 Å². The number of ether oxygens (including phenoxy) is 3. The van der Waals surface area contributed by atoms with Crippen molar-refractivity contribution in [2.45, 2.75) is 271 Å². The van der Waals surface area contributed by atoms with Crippen LogP contribution in [0.2, 0.25) is 0 Å². The molecule has 0 rings (SSSR count). The van der Waals surface area contributed by atoms with Gasteiger partial charge in [0.2, 0.25) is 0 Å². The Morgan fingerprint density at radius 3 is 0.927 bits per heavy atom. The standard InChI is InChI=1S/C49H92O6/c1-4-7-10-13-16-18-20-22-23-24-25-26-28-29-31-33-36-39-42-48(51)54-45-46(44-53-47(50)41-38-35-15-12-9-6-3)55-49(52)43-40-37-34-32-30-27-21-19-17-14-11-8-5-2/h19,21,46H,4-18,20,22-45H2,1-3H3/b21-19-. The third-order valence-electron chi connectivity index (χ3n) is 10.8. The average molecular weight is 777 g/mol. The topological polar surface area (TPSA) is 78.9 Å². The maximum absolute atomic E-state index is 12.7. The quantitative estimate of drug-likeness (QED) is 0.0265. The summed E-state index contributed by atoms with van der Waals surface area (Å²) in [6.45, 7) is 6.58. The van der Waals surface area contributed by atoms with Crippen molar-refractivity contribution in [3.63, 3.8) is 0 Å². The zero-order valence-corrected chi connectivity index (χ0v) is 37.0. The van der Waals surface area contributed by atoms with Crippen molar-refractivity contribution < 1.29 is 28.6 Å². The number of unbranched alkanes of at least 4 members (excludes halogenated alkanes) is 31. The lowest BCUT2D eigenvalue weighted by Crippen LogP contribution is -2.30. The molecular weight excluding hydrogens is 685 g/mol. The summed E-state index contributed by atoms with van der Waals surface area (Å²) in [4.78, 5) is 37.6. The lowest BCUT2D eigenvalue weighted by atomic mass is 10.0. The summed E-state index contributed by atoms with van der Waals surface area (Å²) >= 11 is 0. The van der Waals surface area contributed by atoms with E-state index in [1.54, 1.807) is 0 Å². The molecule has 0 radical (unpaired) electrons. The summed E-state index contributed by atoms with van der Waals surface area (Å²) < 4.78 is 16.7. The van der Waals surface area contributed by atoms with Gasteiger partial charge in [0.05, 0.1) is 0 Å². The zero-order chi connectivity index (χ0) is 40.1. The van der Waals surface area contributed by atoms with Crippen LogP contribution in [0.4, 0.5) is 0 Å². The fraction of sp³-hybridized carbons (Fsp3) is 0.898. The van der Waals surface area contributed by atoms with E-state index in [0.717, 1.165) is 64.2 Å². The van der Waals surface area contributed by atoms with Gasteiger partial charge in [0.15, 0.2) is 6.10 Å². The molecular formula is C49H92O6. The summed E-state index contributed by atoms with van der Waals surface area (Å²) in [5, 5.41) is 0. The highest BCUT2D eigenvalue weighted by Crippen LogP contribution is 2.16. The van der Waals surface area contributed by atoms with Crippen LogP contribution in [0.1, 0.15) is 265 Å². The van der Waals surface area contributed by atoms with E-state index in [4.69, 9.17) is 14.2 Å². The van der Waals surface area contributed by atoms with Crippen LogP contribution in [0.3, 0.4) is 0 Å². The molecule has 0 aliphatic carbocycles. The largest absolute Gasteiger partial charge is 0.462 e. The lowest BCUT2D eigenvalue weighted by molar-refractivity contribution is -0.167. The van der Waals surface area contributed by atoms with Gasteiger partial charge >= 0.3 is 17.9 Å². The minimum atomic E-state index is -0.765. The molecule has 0 N–H and O–H groups in total. The Labute approximate surface area is 341 Å². The molecule has 0 amide bonds. The van der Waals surface area contributed by atoms with Crippen LogP contribution in [0.25, 0.3) is 0 Å². The van der Waals surface area contributed by atoms with Gasteiger partial charge in [-0.05, 0) is 44.9 Å². The predicted molar refractivity (Wildman–Crippen MR) is 233 cm³/mol. The minimum absolute atomic E-state index is 0.0694. The maximum atomic E-state index is 12.7. The predicted octanol–water partition coefficient (Wildman–Crippen LogP) is 15.4.